The molecule has 3 N–H and O–H groups in total. The number of carboxylic acids is 1. The summed E-state index contributed by atoms with van der Waals surface area (Å²) in [5.41, 5.74) is 6.12. The van der Waals surface area contributed by atoms with Gasteiger partial charge in [-0.05, 0) is 25.1 Å². The lowest BCUT2D eigenvalue weighted by atomic mass is 10.2. The van der Waals surface area contributed by atoms with Gasteiger partial charge >= 0.3 is 5.97 Å². The van der Waals surface area contributed by atoms with Gasteiger partial charge < -0.3 is 10.8 Å². The molecule has 88 valence electrons. The zero-order valence-electron chi connectivity index (χ0n) is 9.12. The van der Waals surface area contributed by atoms with Gasteiger partial charge in [-0.2, -0.15) is 0 Å². The van der Waals surface area contributed by atoms with Crippen LogP contribution in [0, 0.1) is 0 Å². The topological polar surface area (TPSA) is 98.2 Å². The first-order valence-corrected chi connectivity index (χ1v) is 5.00. The quantitative estimate of drug-likeness (QED) is 0.741. The number of anilines is 1. The standard InChI is InChI=1S/C11H11N3O3/c1-6(11(16)17)14-5-13-9-3-2-7(12)4-8(9)10(14)15/h2-6H,12H2,1H3,(H,16,17). The maximum Gasteiger partial charge on any atom is 0.326 e. The van der Waals surface area contributed by atoms with Gasteiger partial charge in [0.25, 0.3) is 5.56 Å². The van der Waals surface area contributed by atoms with E-state index in [1.165, 1.54) is 19.3 Å². The molecule has 17 heavy (non-hydrogen) atoms. The molecule has 0 aliphatic heterocycles. The van der Waals surface area contributed by atoms with Crippen LogP contribution < -0.4 is 11.3 Å². The fraction of sp³-hybridized carbons (Fsp3) is 0.182. The first kappa shape index (κ1) is 11.1. The average Bonchev–Trinajstić information content (AvgIpc) is 2.29. The molecule has 0 radical (unpaired) electrons. The Balaban J connectivity index is 2.73. The summed E-state index contributed by atoms with van der Waals surface area (Å²) in [6, 6.07) is 3.80. The zero-order chi connectivity index (χ0) is 12.6. The number of rotatable bonds is 2. The van der Waals surface area contributed by atoms with Gasteiger partial charge in [0.15, 0.2) is 0 Å². The van der Waals surface area contributed by atoms with Crippen molar-refractivity contribution >= 4 is 22.6 Å². The number of nitrogen functional groups attached to an aromatic ring is 1. The highest BCUT2D eigenvalue weighted by Gasteiger charge is 2.16. The van der Waals surface area contributed by atoms with Crippen molar-refractivity contribution in [1.82, 2.24) is 9.55 Å². The van der Waals surface area contributed by atoms with Gasteiger partial charge in [-0.25, -0.2) is 9.78 Å². The van der Waals surface area contributed by atoms with Gasteiger partial charge in [-0.15, -0.1) is 0 Å². The van der Waals surface area contributed by atoms with Crippen LogP contribution in [0.5, 0.6) is 0 Å². The number of nitrogens with zero attached hydrogens (tertiary/aromatic N) is 2. The fourth-order valence-corrected chi connectivity index (χ4v) is 1.55. The molecular formula is C11H11N3O3. The van der Waals surface area contributed by atoms with E-state index >= 15 is 0 Å². The second-order valence-corrected chi connectivity index (χ2v) is 3.75. The first-order valence-electron chi connectivity index (χ1n) is 5.00. The van der Waals surface area contributed by atoms with E-state index in [2.05, 4.69) is 4.98 Å². The summed E-state index contributed by atoms with van der Waals surface area (Å²) < 4.78 is 1.07. The van der Waals surface area contributed by atoms with Crippen LogP contribution in [0.3, 0.4) is 0 Å². The predicted octanol–water partition coefficient (Wildman–Crippen LogP) is 0.624. The molecule has 0 spiro atoms. The lowest BCUT2D eigenvalue weighted by molar-refractivity contribution is -0.140. The summed E-state index contributed by atoms with van der Waals surface area (Å²) in [5, 5.41) is 9.19. The van der Waals surface area contributed by atoms with E-state index in [0.717, 1.165) is 4.57 Å². The molecule has 0 saturated heterocycles. The number of carbonyl (C=O) groups is 1. The van der Waals surface area contributed by atoms with Crippen molar-refractivity contribution < 1.29 is 9.90 Å². The minimum Gasteiger partial charge on any atom is -0.480 e. The highest BCUT2D eigenvalue weighted by molar-refractivity contribution is 5.81. The summed E-state index contributed by atoms with van der Waals surface area (Å²) in [5.74, 6) is -1.09. The van der Waals surface area contributed by atoms with Crippen molar-refractivity contribution in [3.8, 4) is 0 Å². The maximum atomic E-state index is 12.0. The molecule has 1 unspecified atom stereocenters. The Kier molecular flexibility index (Phi) is 2.55. The molecule has 0 aliphatic rings. The maximum absolute atomic E-state index is 12.0. The molecule has 2 rings (SSSR count). The summed E-state index contributed by atoms with van der Waals surface area (Å²) in [4.78, 5) is 26.9. The van der Waals surface area contributed by atoms with E-state index < -0.39 is 17.6 Å². The number of aromatic nitrogens is 2. The van der Waals surface area contributed by atoms with Gasteiger partial charge in [-0.1, -0.05) is 0 Å². The third kappa shape index (κ3) is 1.84. The summed E-state index contributed by atoms with van der Waals surface area (Å²) >= 11 is 0. The Bertz CT molecular complexity index is 648. The van der Waals surface area contributed by atoms with E-state index in [9.17, 15) is 9.59 Å². The van der Waals surface area contributed by atoms with Crippen LogP contribution in [-0.2, 0) is 4.79 Å². The summed E-state index contributed by atoms with van der Waals surface area (Å²) in [6.07, 6.45) is 1.24. The van der Waals surface area contributed by atoms with Gasteiger partial charge in [0.2, 0.25) is 0 Å². The minimum atomic E-state index is -1.09. The van der Waals surface area contributed by atoms with Gasteiger partial charge in [-0.3, -0.25) is 9.36 Å². The molecule has 1 heterocycles. The molecule has 1 aromatic heterocycles. The summed E-state index contributed by atoms with van der Waals surface area (Å²) in [6.45, 7) is 1.42. The van der Waals surface area contributed by atoms with Crippen LogP contribution in [0.2, 0.25) is 0 Å². The van der Waals surface area contributed by atoms with Crippen molar-refractivity contribution in [2.24, 2.45) is 0 Å². The highest BCUT2D eigenvalue weighted by atomic mass is 16.4. The first-order chi connectivity index (χ1) is 8.00. The van der Waals surface area contributed by atoms with E-state index in [4.69, 9.17) is 10.8 Å². The van der Waals surface area contributed by atoms with Crippen LogP contribution in [0.15, 0.2) is 29.3 Å². The molecule has 6 nitrogen and oxygen atoms in total. The van der Waals surface area contributed by atoms with Crippen LogP contribution >= 0.6 is 0 Å². The Morgan fingerprint density at radius 3 is 2.88 bits per heavy atom. The Labute approximate surface area is 96.3 Å². The number of hydrogen-bond donors (Lipinski definition) is 2. The smallest absolute Gasteiger partial charge is 0.326 e. The SMILES string of the molecule is CC(C(=O)O)n1cnc2ccc(N)cc2c1=O. The molecule has 2 aromatic rings. The lowest BCUT2D eigenvalue weighted by Gasteiger charge is -2.10. The number of hydrogen-bond acceptors (Lipinski definition) is 4. The second-order valence-electron chi connectivity index (χ2n) is 3.75. The second kappa shape index (κ2) is 3.89. The number of fused-ring (bicyclic) bond motifs is 1. The van der Waals surface area contributed by atoms with Crippen LogP contribution in [0.4, 0.5) is 5.69 Å². The third-order valence-corrected chi connectivity index (χ3v) is 2.58. The Morgan fingerprint density at radius 1 is 1.53 bits per heavy atom. The molecule has 0 saturated carbocycles. The van der Waals surface area contributed by atoms with Crippen LogP contribution in [0.1, 0.15) is 13.0 Å². The van der Waals surface area contributed by atoms with E-state index in [-0.39, 0.29) is 0 Å². The average molecular weight is 233 g/mol. The van der Waals surface area contributed by atoms with Crippen molar-refractivity contribution in [3.63, 3.8) is 0 Å². The molecular weight excluding hydrogens is 222 g/mol. The van der Waals surface area contributed by atoms with Crippen molar-refractivity contribution in [2.75, 3.05) is 5.73 Å². The third-order valence-electron chi connectivity index (χ3n) is 2.58. The van der Waals surface area contributed by atoms with Crippen LogP contribution in [-0.4, -0.2) is 20.6 Å². The normalized spacial score (nSPS) is 12.5. The molecule has 0 aliphatic carbocycles. The van der Waals surface area contributed by atoms with E-state index in [1.54, 1.807) is 12.1 Å². The summed E-state index contributed by atoms with van der Waals surface area (Å²) in [7, 11) is 0. The van der Waals surface area contributed by atoms with Crippen molar-refractivity contribution in [1.29, 1.82) is 0 Å². The van der Waals surface area contributed by atoms with Crippen LogP contribution in [0.25, 0.3) is 10.9 Å². The van der Waals surface area contributed by atoms with E-state index in [1.807, 2.05) is 0 Å². The molecule has 0 bridgehead atoms. The molecule has 0 fully saturated rings. The fourth-order valence-electron chi connectivity index (χ4n) is 1.55. The lowest BCUT2D eigenvalue weighted by Crippen LogP contribution is -2.28. The molecule has 1 aromatic carbocycles. The molecule has 1 atom stereocenters. The monoisotopic (exact) mass is 233 g/mol. The number of carboxylic acid groups (broad SMARTS) is 1. The van der Waals surface area contributed by atoms with Gasteiger partial charge in [0.1, 0.15) is 6.04 Å². The van der Waals surface area contributed by atoms with Gasteiger partial charge in [0.05, 0.1) is 17.2 Å². The highest BCUT2D eigenvalue weighted by Crippen LogP contribution is 2.12. The molecule has 0 amide bonds. The minimum absolute atomic E-state index is 0.320. The predicted molar refractivity (Wildman–Crippen MR) is 62.8 cm³/mol. The zero-order valence-corrected chi connectivity index (χ0v) is 9.12. The number of nitrogens with two attached hydrogens (primary N) is 1. The number of aliphatic carboxylic acids is 1. The molecule has 6 heteroatoms. The van der Waals surface area contributed by atoms with Gasteiger partial charge in [0, 0.05) is 5.69 Å². The Morgan fingerprint density at radius 2 is 2.24 bits per heavy atom. The van der Waals surface area contributed by atoms with Crippen molar-refractivity contribution in [2.45, 2.75) is 13.0 Å². The van der Waals surface area contributed by atoms with E-state index in [0.29, 0.717) is 16.6 Å². The number of benzene rings is 1. The Hall–Kier alpha value is -2.37. The van der Waals surface area contributed by atoms with Crippen molar-refractivity contribution in [3.05, 3.63) is 34.9 Å². The largest absolute Gasteiger partial charge is 0.480 e.